The Bertz CT molecular complexity index is 1100. The summed E-state index contributed by atoms with van der Waals surface area (Å²) in [5.74, 6) is 0.427. The molecule has 7 heteroatoms. The first-order chi connectivity index (χ1) is 14.5. The standard InChI is InChI=1S/C23H17Br2N3O2/c1-15-10-20(24)22(21(25)11-15)30-14-18-6-8-19(9-7-18)23(29)28-27-13-17-4-2-16(12-26)3-5-17/h2-11,13H,14H2,1H3,(H,28,29)/b27-13-. The minimum absolute atomic E-state index is 0.309. The van der Waals surface area contributed by atoms with E-state index in [-0.39, 0.29) is 5.91 Å². The molecule has 0 saturated carbocycles. The zero-order chi connectivity index (χ0) is 21.5. The van der Waals surface area contributed by atoms with Gasteiger partial charge in [-0.1, -0.05) is 24.3 Å². The maximum absolute atomic E-state index is 12.2. The second-order valence-electron chi connectivity index (χ2n) is 6.48. The number of amides is 1. The Morgan fingerprint density at radius 1 is 1.10 bits per heavy atom. The molecule has 3 aromatic carbocycles. The molecule has 0 aromatic heterocycles. The Balaban J connectivity index is 1.56. The van der Waals surface area contributed by atoms with Crippen molar-refractivity contribution in [2.75, 3.05) is 0 Å². The van der Waals surface area contributed by atoms with Crippen LogP contribution in [0, 0.1) is 18.3 Å². The van der Waals surface area contributed by atoms with Crippen LogP contribution in [0.15, 0.2) is 74.7 Å². The molecule has 5 nitrogen and oxygen atoms in total. The van der Waals surface area contributed by atoms with E-state index < -0.39 is 0 Å². The normalized spacial score (nSPS) is 10.6. The summed E-state index contributed by atoms with van der Waals surface area (Å²) in [7, 11) is 0. The summed E-state index contributed by atoms with van der Waals surface area (Å²) in [4.78, 5) is 12.2. The summed E-state index contributed by atoms with van der Waals surface area (Å²) in [6.45, 7) is 2.39. The van der Waals surface area contributed by atoms with Crippen molar-refractivity contribution in [3.63, 3.8) is 0 Å². The second-order valence-corrected chi connectivity index (χ2v) is 8.18. The molecule has 0 aliphatic rings. The number of carbonyl (C=O) groups is 1. The number of halogens is 2. The molecule has 30 heavy (non-hydrogen) atoms. The molecule has 0 fully saturated rings. The zero-order valence-corrected chi connectivity index (χ0v) is 19.2. The van der Waals surface area contributed by atoms with Crippen LogP contribution in [0.1, 0.15) is 32.6 Å². The highest BCUT2D eigenvalue weighted by molar-refractivity contribution is 9.11. The van der Waals surface area contributed by atoms with E-state index in [0.29, 0.717) is 17.7 Å². The van der Waals surface area contributed by atoms with E-state index in [9.17, 15) is 4.79 Å². The van der Waals surface area contributed by atoms with Gasteiger partial charge in [0.1, 0.15) is 12.4 Å². The Hall–Kier alpha value is -2.95. The van der Waals surface area contributed by atoms with Gasteiger partial charge in [0.2, 0.25) is 0 Å². The van der Waals surface area contributed by atoms with E-state index >= 15 is 0 Å². The zero-order valence-electron chi connectivity index (χ0n) is 16.0. The monoisotopic (exact) mass is 525 g/mol. The number of nitrogens with zero attached hydrogens (tertiary/aromatic N) is 2. The third kappa shape index (κ3) is 5.78. The molecule has 150 valence electrons. The molecule has 0 bridgehead atoms. The van der Waals surface area contributed by atoms with Gasteiger partial charge in [-0.15, -0.1) is 0 Å². The average molecular weight is 527 g/mol. The molecular weight excluding hydrogens is 510 g/mol. The summed E-state index contributed by atoms with van der Waals surface area (Å²) in [5, 5.41) is 12.8. The lowest BCUT2D eigenvalue weighted by molar-refractivity contribution is 0.0955. The van der Waals surface area contributed by atoms with E-state index in [1.807, 2.05) is 31.2 Å². The second kappa shape index (κ2) is 10.2. The fourth-order valence-electron chi connectivity index (χ4n) is 2.61. The minimum atomic E-state index is -0.309. The fraction of sp³-hybridized carbons (Fsp3) is 0.0870. The van der Waals surface area contributed by atoms with Gasteiger partial charge in [-0.3, -0.25) is 4.79 Å². The minimum Gasteiger partial charge on any atom is -0.487 e. The van der Waals surface area contributed by atoms with Crippen molar-refractivity contribution in [3.05, 3.63) is 97.4 Å². The Labute approximate surface area is 191 Å². The molecule has 3 rings (SSSR count). The van der Waals surface area contributed by atoms with Crippen LogP contribution in [0.2, 0.25) is 0 Å². The highest BCUT2D eigenvalue weighted by Gasteiger charge is 2.09. The Morgan fingerprint density at radius 3 is 2.33 bits per heavy atom. The predicted molar refractivity (Wildman–Crippen MR) is 124 cm³/mol. The molecule has 0 unspecified atom stereocenters. The molecule has 0 atom stereocenters. The van der Waals surface area contributed by atoms with Crippen molar-refractivity contribution in [1.29, 1.82) is 5.26 Å². The number of rotatable bonds is 6. The van der Waals surface area contributed by atoms with E-state index in [1.54, 1.807) is 36.4 Å². The van der Waals surface area contributed by atoms with Gasteiger partial charge in [0.25, 0.3) is 5.91 Å². The van der Waals surface area contributed by atoms with Crippen LogP contribution in [0.3, 0.4) is 0 Å². The van der Waals surface area contributed by atoms with Gasteiger partial charge in [-0.25, -0.2) is 5.43 Å². The first-order valence-electron chi connectivity index (χ1n) is 8.97. The molecule has 1 N–H and O–H groups in total. The molecular formula is C23H17Br2N3O2. The van der Waals surface area contributed by atoms with Crippen molar-refractivity contribution in [2.45, 2.75) is 13.5 Å². The third-order valence-corrected chi connectivity index (χ3v) is 5.34. The number of nitrogens with one attached hydrogen (secondary N) is 1. The number of aryl methyl sites for hydroxylation is 1. The highest BCUT2D eigenvalue weighted by Crippen LogP contribution is 2.35. The Morgan fingerprint density at radius 2 is 1.73 bits per heavy atom. The van der Waals surface area contributed by atoms with Crippen LogP contribution < -0.4 is 10.2 Å². The maximum atomic E-state index is 12.2. The molecule has 0 saturated heterocycles. The number of hydrogen-bond donors (Lipinski definition) is 1. The first kappa shape index (κ1) is 21.8. The first-order valence-corrected chi connectivity index (χ1v) is 10.6. The number of benzene rings is 3. The van der Waals surface area contributed by atoms with Crippen LogP contribution >= 0.6 is 31.9 Å². The molecule has 3 aromatic rings. The lowest BCUT2D eigenvalue weighted by Crippen LogP contribution is -2.17. The third-order valence-electron chi connectivity index (χ3n) is 4.16. The molecule has 0 heterocycles. The van der Waals surface area contributed by atoms with E-state index in [1.165, 1.54) is 6.21 Å². The van der Waals surface area contributed by atoms with Crippen molar-refractivity contribution in [3.8, 4) is 11.8 Å². The molecule has 0 aliphatic carbocycles. The van der Waals surface area contributed by atoms with Gasteiger partial charge in [-0.2, -0.15) is 10.4 Å². The van der Waals surface area contributed by atoms with Crippen LogP contribution in [-0.4, -0.2) is 12.1 Å². The van der Waals surface area contributed by atoms with E-state index in [4.69, 9.17) is 10.00 Å². The molecule has 1 amide bonds. The number of ether oxygens (including phenoxy) is 1. The molecule has 0 aliphatic heterocycles. The number of nitriles is 1. The van der Waals surface area contributed by atoms with Crippen LogP contribution in [0.4, 0.5) is 0 Å². The molecule has 0 radical (unpaired) electrons. The van der Waals surface area contributed by atoms with Gasteiger partial charge in [0, 0.05) is 5.56 Å². The van der Waals surface area contributed by atoms with Crippen LogP contribution in [0.5, 0.6) is 5.75 Å². The molecule has 0 spiro atoms. The van der Waals surface area contributed by atoms with Gasteiger partial charge in [0.05, 0.1) is 26.8 Å². The summed E-state index contributed by atoms with van der Waals surface area (Å²) < 4.78 is 7.66. The summed E-state index contributed by atoms with van der Waals surface area (Å²) in [5.41, 5.74) is 6.41. The van der Waals surface area contributed by atoms with Gasteiger partial charge >= 0.3 is 0 Å². The van der Waals surface area contributed by atoms with Gasteiger partial charge in [0.15, 0.2) is 0 Å². The number of hydrogen-bond acceptors (Lipinski definition) is 4. The Kier molecular flexibility index (Phi) is 7.39. The lowest BCUT2D eigenvalue weighted by Gasteiger charge is -2.11. The largest absolute Gasteiger partial charge is 0.487 e. The van der Waals surface area contributed by atoms with Crippen molar-refractivity contribution in [1.82, 2.24) is 5.43 Å². The predicted octanol–water partition coefficient (Wildman–Crippen LogP) is 5.73. The SMILES string of the molecule is Cc1cc(Br)c(OCc2ccc(C(=O)N/N=C\c3ccc(C#N)cc3)cc2)c(Br)c1. The van der Waals surface area contributed by atoms with Crippen LogP contribution in [-0.2, 0) is 6.61 Å². The lowest BCUT2D eigenvalue weighted by atomic mass is 10.1. The summed E-state index contributed by atoms with van der Waals surface area (Å²) in [6, 6.07) is 20.1. The highest BCUT2D eigenvalue weighted by atomic mass is 79.9. The van der Waals surface area contributed by atoms with Gasteiger partial charge < -0.3 is 4.74 Å². The summed E-state index contributed by atoms with van der Waals surface area (Å²) >= 11 is 7.03. The van der Waals surface area contributed by atoms with Crippen molar-refractivity contribution < 1.29 is 9.53 Å². The fourth-order valence-corrected chi connectivity index (χ4v) is 4.25. The van der Waals surface area contributed by atoms with E-state index in [0.717, 1.165) is 31.4 Å². The van der Waals surface area contributed by atoms with Gasteiger partial charge in [-0.05, 0) is 91.9 Å². The average Bonchev–Trinajstić information content (AvgIpc) is 2.74. The van der Waals surface area contributed by atoms with Crippen LogP contribution in [0.25, 0.3) is 0 Å². The quantitative estimate of drug-likeness (QED) is 0.329. The number of hydrazone groups is 1. The smallest absolute Gasteiger partial charge is 0.271 e. The van der Waals surface area contributed by atoms with E-state index in [2.05, 4.69) is 48.5 Å². The topological polar surface area (TPSA) is 74.5 Å². The number of carbonyl (C=O) groups excluding carboxylic acids is 1. The van der Waals surface area contributed by atoms with Crippen molar-refractivity contribution in [2.24, 2.45) is 5.10 Å². The summed E-state index contributed by atoms with van der Waals surface area (Å²) in [6.07, 6.45) is 1.53. The maximum Gasteiger partial charge on any atom is 0.271 e. The van der Waals surface area contributed by atoms with Crippen molar-refractivity contribution >= 4 is 44.0 Å².